The molecule has 1 saturated carbocycles. The highest BCUT2D eigenvalue weighted by atomic mass is 14.9. The lowest BCUT2D eigenvalue weighted by Gasteiger charge is -2.19. The molecule has 15 heavy (non-hydrogen) atoms. The standard InChI is InChI=1S/C13H22N2/c1-3-12-5-4-6-13(12)14-9-11-7-8-15(2)10-11/h7-8,10,12-14H,3-6,9H2,1-2H3. The lowest BCUT2D eigenvalue weighted by Crippen LogP contribution is -2.31. The number of rotatable bonds is 4. The van der Waals surface area contributed by atoms with Crippen LogP contribution < -0.4 is 5.32 Å². The Hall–Kier alpha value is -0.760. The Morgan fingerprint density at radius 2 is 2.33 bits per heavy atom. The lowest BCUT2D eigenvalue weighted by atomic mass is 10.0. The largest absolute Gasteiger partial charge is 0.357 e. The highest BCUT2D eigenvalue weighted by molar-refractivity contribution is 5.09. The molecule has 1 fully saturated rings. The number of aromatic nitrogens is 1. The van der Waals surface area contributed by atoms with Crippen LogP contribution in [0, 0.1) is 5.92 Å². The minimum Gasteiger partial charge on any atom is -0.357 e. The molecule has 0 aliphatic heterocycles. The minimum atomic E-state index is 0.759. The highest BCUT2D eigenvalue weighted by Crippen LogP contribution is 2.28. The highest BCUT2D eigenvalue weighted by Gasteiger charge is 2.24. The van der Waals surface area contributed by atoms with Crippen molar-refractivity contribution in [2.45, 2.75) is 45.2 Å². The maximum Gasteiger partial charge on any atom is 0.0223 e. The van der Waals surface area contributed by atoms with Crippen molar-refractivity contribution in [1.82, 2.24) is 9.88 Å². The fourth-order valence-electron chi connectivity index (χ4n) is 2.71. The van der Waals surface area contributed by atoms with Crippen LogP contribution >= 0.6 is 0 Å². The topological polar surface area (TPSA) is 17.0 Å². The first kappa shape index (κ1) is 10.7. The summed E-state index contributed by atoms with van der Waals surface area (Å²) in [4.78, 5) is 0. The zero-order valence-electron chi connectivity index (χ0n) is 9.87. The van der Waals surface area contributed by atoms with E-state index < -0.39 is 0 Å². The Morgan fingerprint density at radius 3 is 3.00 bits per heavy atom. The molecule has 84 valence electrons. The fraction of sp³-hybridized carbons (Fsp3) is 0.692. The molecule has 0 bridgehead atoms. The predicted octanol–water partition coefficient (Wildman–Crippen LogP) is 2.69. The second-order valence-electron chi connectivity index (χ2n) is 4.77. The molecule has 2 rings (SSSR count). The predicted molar refractivity (Wildman–Crippen MR) is 63.7 cm³/mol. The summed E-state index contributed by atoms with van der Waals surface area (Å²) < 4.78 is 2.11. The van der Waals surface area contributed by atoms with Crippen LogP contribution in [0.3, 0.4) is 0 Å². The van der Waals surface area contributed by atoms with Crippen molar-refractivity contribution in [2.24, 2.45) is 13.0 Å². The van der Waals surface area contributed by atoms with E-state index in [9.17, 15) is 0 Å². The van der Waals surface area contributed by atoms with Gasteiger partial charge in [0.05, 0.1) is 0 Å². The summed E-state index contributed by atoms with van der Waals surface area (Å²) >= 11 is 0. The fourth-order valence-corrected chi connectivity index (χ4v) is 2.71. The van der Waals surface area contributed by atoms with Crippen LogP contribution in [-0.4, -0.2) is 10.6 Å². The normalized spacial score (nSPS) is 26.0. The quantitative estimate of drug-likeness (QED) is 0.801. The summed E-state index contributed by atoms with van der Waals surface area (Å²) in [5, 5.41) is 3.70. The van der Waals surface area contributed by atoms with Crippen LogP contribution in [0.15, 0.2) is 18.5 Å². The van der Waals surface area contributed by atoms with Gasteiger partial charge in [-0.15, -0.1) is 0 Å². The molecule has 2 unspecified atom stereocenters. The molecule has 1 aromatic rings. The Morgan fingerprint density at radius 1 is 1.47 bits per heavy atom. The summed E-state index contributed by atoms with van der Waals surface area (Å²) in [6.45, 7) is 3.34. The van der Waals surface area contributed by atoms with Gasteiger partial charge in [0.1, 0.15) is 0 Å². The molecule has 1 N–H and O–H groups in total. The minimum absolute atomic E-state index is 0.759. The maximum absolute atomic E-state index is 3.70. The van der Waals surface area contributed by atoms with E-state index in [0.29, 0.717) is 0 Å². The van der Waals surface area contributed by atoms with E-state index in [2.05, 4.69) is 42.3 Å². The van der Waals surface area contributed by atoms with Gasteiger partial charge in [-0.1, -0.05) is 19.8 Å². The lowest BCUT2D eigenvalue weighted by molar-refractivity contribution is 0.389. The average molecular weight is 206 g/mol. The Labute approximate surface area is 92.7 Å². The monoisotopic (exact) mass is 206 g/mol. The number of hydrogen-bond acceptors (Lipinski definition) is 1. The molecule has 0 saturated heterocycles. The van der Waals surface area contributed by atoms with E-state index in [4.69, 9.17) is 0 Å². The summed E-state index contributed by atoms with van der Waals surface area (Å²) in [5.41, 5.74) is 1.40. The summed E-state index contributed by atoms with van der Waals surface area (Å²) in [6, 6.07) is 2.96. The molecule has 2 atom stereocenters. The van der Waals surface area contributed by atoms with Gasteiger partial charge < -0.3 is 9.88 Å². The molecule has 2 nitrogen and oxygen atoms in total. The third-order valence-electron chi connectivity index (χ3n) is 3.65. The van der Waals surface area contributed by atoms with E-state index in [1.807, 2.05) is 0 Å². The smallest absolute Gasteiger partial charge is 0.0223 e. The Kier molecular flexibility index (Phi) is 3.47. The second-order valence-corrected chi connectivity index (χ2v) is 4.77. The van der Waals surface area contributed by atoms with Crippen molar-refractivity contribution in [3.05, 3.63) is 24.0 Å². The summed E-state index contributed by atoms with van der Waals surface area (Å²) in [5.74, 6) is 0.911. The van der Waals surface area contributed by atoms with Crippen LogP contribution in [0.4, 0.5) is 0 Å². The van der Waals surface area contributed by atoms with Crippen molar-refractivity contribution in [3.63, 3.8) is 0 Å². The van der Waals surface area contributed by atoms with Gasteiger partial charge in [0.15, 0.2) is 0 Å². The molecule has 2 heteroatoms. The SMILES string of the molecule is CCC1CCCC1NCc1ccn(C)c1. The van der Waals surface area contributed by atoms with Crippen molar-refractivity contribution < 1.29 is 0 Å². The average Bonchev–Trinajstić information content (AvgIpc) is 2.83. The molecule has 0 spiro atoms. The van der Waals surface area contributed by atoms with Crippen LogP contribution in [0.1, 0.15) is 38.2 Å². The zero-order chi connectivity index (χ0) is 10.7. The van der Waals surface area contributed by atoms with Gasteiger partial charge in [-0.25, -0.2) is 0 Å². The molecule has 0 amide bonds. The van der Waals surface area contributed by atoms with Gasteiger partial charge in [-0.3, -0.25) is 0 Å². The first-order valence-corrected chi connectivity index (χ1v) is 6.14. The third kappa shape index (κ3) is 2.63. The van der Waals surface area contributed by atoms with Gasteiger partial charge in [-0.05, 0) is 30.4 Å². The molecule has 1 aliphatic rings. The zero-order valence-corrected chi connectivity index (χ0v) is 9.87. The first-order chi connectivity index (χ1) is 7.29. The third-order valence-corrected chi connectivity index (χ3v) is 3.65. The van der Waals surface area contributed by atoms with Gasteiger partial charge >= 0.3 is 0 Å². The number of aryl methyl sites for hydroxylation is 1. The molecule has 1 heterocycles. The van der Waals surface area contributed by atoms with Crippen LogP contribution in [0.2, 0.25) is 0 Å². The first-order valence-electron chi connectivity index (χ1n) is 6.14. The molecule has 1 aromatic heterocycles. The van der Waals surface area contributed by atoms with E-state index in [1.165, 1.54) is 31.2 Å². The van der Waals surface area contributed by atoms with Crippen LogP contribution in [0.25, 0.3) is 0 Å². The van der Waals surface area contributed by atoms with Crippen molar-refractivity contribution >= 4 is 0 Å². The van der Waals surface area contributed by atoms with Crippen molar-refractivity contribution in [3.8, 4) is 0 Å². The summed E-state index contributed by atoms with van der Waals surface area (Å²) in [6.07, 6.45) is 9.83. The second kappa shape index (κ2) is 4.84. The van der Waals surface area contributed by atoms with Gasteiger partial charge in [-0.2, -0.15) is 0 Å². The van der Waals surface area contributed by atoms with Crippen LogP contribution in [-0.2, 0) is 13.6 Å². The molecule has 1 aliphatic carbocycles. The molecule has 0 aromatic carbocycles. The molecular formula is C13H22N2. The number of nitrogens with zero attached hydrogens (tertiary/aromatic N) is 1. The van der Waals surface area contributed by atoms with E-state index in [-0.39, 0.29) is 0 Å². The Bertz CT molecular complexity index is 303. The van der Waals surface area contributed by atoms with Gasteiger partial charge in [0.2, 0.25) is 0 Å². The van der Waals surface area contributed by atoms with E-state index >= 15 is 0 Å². The maximum atomic E-state index is 3.70. The van der Waals surface area contributed by atoms with Crippen molar-refractivity contribution in [2.75, 3.05) is 0 Å². The van der Waals surface area contributed by atoms with Crippen LogP contribution in [0.5, 0.6) is 0 Å². The molecular weight excluding hydrogens is 184 g/mol. The van der Waals surface area contributed by atoms with Gasteiger partial charge in [0.25, 0.3) is 0 Å². The summed E-state index contributed by atoms with van der Waals surface area (Å²) in [7, 11) is 2.08. The number of hydrogen-bond donors (Lipinski definition) is 1. The van der Waals surface area contributed by atoms with Gasteiger partial charge in [0, 0.05) is 32.0 Å². The molecule has 0 radical (unpaired) electrons. The van der Waals surface area contributed by atoms with E-state index in [0.717, 1.165) is 18.5 Å². The number of nitrogens with one attached hydrogen (secondary N) is 1. The van der Waals surface area contributed by atoms with E-state index in [1.54, 1.807) is 0 Å². The van der Waals surface area contributed by atoms with Crippen molar-refractivity contribution in [1.29, 1.82) is 0 Å². The Balaban J connectivity index is 1.82.